The first-order valence-corrected chi connectivity index (χ1v) is 4.11. The van der Waals surface area contributed by atoms with E-state index in [1.54, 1.807) is 31.4 Å². The SMILES string of the molecule is COCCC(=O)c1ccc(N)cc1. The molecule has 0 aliphatic rings. The van der Waals surface area contributed by atoms with Gasteiger partial charge in [-0.3, -0.25) is 4.79 Å². The van der Waals surface area contributed by atoms with Crippen molar-refractivity contribution in [3.63, 3.8) is 0 Å². The van der Waals surface area contributed by atoms with Crippen molar-refractivity contribution in [1.29, 1.82) is 0 Å². The third-order valence-electron chi connectivity index (χ3n) is 1.77. The van der Waals surface area contributed by atoms with Gasteiger partial charge in [0.05, 0.1) is 6.61 Å². The first-order valence-electron chi connectivity index (χ1n) is 4.11. The van der Waals surface area contributed by atoms with E-state index in [9.17, 15) is 4.79 Å². The normalized spacial score (nSPS) is 9.92. The Hall–Kier alpha value is -1.35. The van der Waals surface area contributed by atoms with Crippen LogP contribution in [-0.4, -0.2) is 19.5 Å². The lowest BCUT2D eigenvalue weighted by molar-refractivity contribution is 0.0932. The zero-order valence-corrected chi connectivity index (χ0v) is 7.62. The summed E-state index contributed by atoms with van der Waals surface area (Å²) in [6.45, 7) is 0.462. The number of hydrogen-bond acceptors (Lipinski definition) is 3. The van der Waals surface area contributed by atoms with E-state index in [4.69, 9.17) is 10.5 Å². The molecule has 0 radical (unpaired) electrons. The number of benzene rings is 1. The van der Waals surface area contributed by atoms with Crippen molar-refractivity contribution >= 4 is 11.5 Å². The number of hydrogen-bond donors (Lipinski definition) is 1. The highest BCUT2D eigenvalue weighted by atomic mass is 16.5. The van der Waals surface area contributed by atoms with Gasteiger partial charge in [0.2, 0.25) is 0 Å². The highest BCUT2D eigenvalue weighted by Gasteiger charge is 2.03. The average molecular weight is 179 g/mol. The fourth-order valence-corrected chi connectivity index (χ4v) is 1.01. The molecule has 70 valence electrons. The Morgan fingerprint density at radius 3 is 2.54 bits per heavy atom. The lowest BCUT2D eigenvalue weighted by atomic mass is 10.1. The Bertz CT molecular complexity index is 279. The summed E-state index contributed by atoms with van der Waals surface area (Å²) in [5, 5.41) is 0. The Morgan fingerprint density at radius 2 is 2.00 bits per heavy atom. The second-order valence-corrected chi connectivity index (χ2v) is 2.79. The molecular weight excluding hydrogens is 166 g/mol. The quantitative estimate of drug-likeness (QED) is 0.562. The minimum Gasteiger partial charge on any atom is -0.399 e. The second-order valence-electron chi connectivity index (χ2n) is 2.79. The molecule has 0 aliphatic heterocycles. The maximum absolute atomic E-state index is 11.4. The summed E-state index contributed by atoms with van der Waals surface area (Å²) in [5.41, 5.74) is 6.85. The smallest absolute Gasteiger partial charge is 0.165 e. The number of nitrogen functional groups attached to an aromatic ring is 1. The summed E-state index contributed by atoms with van der Waals surface area (Å²) >= 11 is 0. The molecule has 0 fully saturated rings. The van der Waals surface area contributed by atoms with Crippen molar-refractivity contribution < 1.29 is 9.53 Å². The van der Waals surface area contributed by atoms with Crippen LogP contribution in [0.25, 0.3) is 0 Å². The first kappa shape index (κ1) is 9.74. The molecule has 0 spiro atoms. The predicted octanol–water partition coefficient (Wildman–Crippen LogP) is 1.49. The molecule has 13 heavy (non-hydrogen) atoms. The van der Waals surface area contributed by atoms with Crippen molar-refractivity contribution in [2.75, 3.05) is 19.5 Å². The van der Waals surface area contributed by atoms with Crippen molar-refractivity contribution in [1.82, 2.24) is 0 Å². The number of nitrogens with two attached hydrogens (primary N) is 1. The van der Waals surface area contributed by atoms with Gasteiger partial charge >= 0.3 is 0 Å². The third kappa shape index (κ3) is 2.87. The molecule has 0 heterocycles. The highest BCUT2D eigenvalue weighted by molar-refractivity contribution is 5.96. The van der Waals surface area contributed by atoms with Gasteiger partial charge < -0.3 is 10.5 Å². The molecule has 0 aliphatic carbocycles. The Labute approximate surface area is 77.5 Å². The molecule has 0 saturated carbocycles. The molecule has 1 aromatic carbocycles. The van der Waals surface area contributed by atoms with E-state index in [-0.39, 0.29) is 5.78 Å². The predicted molar refractivity (Wildman–Crippen MR) is 51.7 cm³/mol. The third-order valence-corrected chi connectivity index (χ3v) is 1.77. The standard InChI is InChI=1S/C10H13NO2/c1-13-7-6-10(12)8-2-4-9(11)5-3-8/h2-5H,6-7,11H2,1H3. The molecule has 0 atom stereocenters. The molecule has 0 amide bonds. The van der Waals surface area contributed by atoms with Gasteiger partial charge in [0.15, 0.2) is 5.78 Å². The van der Waals surface area contributed by atoms with E-state index < -0.39 is 0 Å². The zero-order valence-electron chi connectivity index (χ0n) is 7.62. The van der Waals surface area contributed by atoms with Crippen molar-refractivity contribution in [2.24, 2.45) is 0 Å². The van der Waals surface area contributed by atoms with Gasteiger partial charge in [-0.25, -0.2) is 0 Å². The average Bonchev–Trinajstić information content (AvgIpc) is 2.15. The lowest BCUT2D eigenvalue weighted by Gasteiger charge is -2.00. The van der Waals surface area contributed by atoms with Gasteiger partial charge in [-0.2, -0.15) is 0 Å². The summed E-state index contributed by atoms with van der Waals surface area (Å²) in [6.07, 6.45) is 0.417. The van der Waals surface area contributed by atoms with Gasteiger partial charge in [0, 0.05) is 24.8 Å². The molecule has 0 aromatic heterocycles. The van der Waals surface area contributed by atoms with Crippen LogP contribution in [0, 0.1) is 0 Å². The van der Waals surface area contributed by atoms with Crippen LogP contribution < -0.4 is 5.73 Å². The zero-order chi connectivity index (χ0) is 9.68. The monoisotopic (exact) mass is 179 g/mol. The Balaban J connectivity index is 2.61. The minimum absolute atomic E-state index is 0.0850. The van der Waals surface area contributed by atoms with E-state index in [0.29, 0.717) is 24.3 Å². The largest absolute Gasteiger partial charge is 0.399 e. The van der Waals surface area contributed by atoms with Gasteiger partial charge in [-0.05, 0) is 24.3 Å². The maximum atomic E-state index is 11.4. The molecule has 3 heteroatoms. The number of rotatable bonds is 4. The Kier molecular flexibility index (Phi) is 3.46. The van der Waals surface area contributed by atoms with E-state index in [1.165, 1.54) is 0 Å². The minimum atomic E-state index is 0.0850. The van der Waals surface area contributed by atoms with Crippen LogP contribution >= 0.6 is 0 Å². The van der Waals surface area contributed by atoms with Gasteiger partial charge in [0.25, 0.3) is 0 Å². The molecule has 0 saturated heterocycles. The molecule has 1 aromatic rings. The van der Waals surface area contributed by atoms with Gasteiger partial charge in [0.1, 0.15) is 0 Å². The Morgan fingerprint density at radius 1 is 1.38 bits per heavy atom. The van der Waals surface area contributed by atoms with E-state index in [1.807, 2.05) is 0 Å². The van der Waals surface area contributed by atoms with Gasteiger partial charge in [-0.15, -0.1) is 0 Å². The van der Waals surface area contributed by atoms with Crippen LogP contribution in [0.4, 0.5) is 5.69 Å². The summed E-state index contributed by atoms with van der Waals surface area (Å²) < 4.78 is 4.81. The van der Waals surface area contributed by atoms with Crippen LogP contribution in [0.5, 0.6) is 0 Å². The van der Waals surface area contributed by atoms with Crippen LogP contribution in [0.1, 0.15) is 16.8 Å². The van der Waals surface area contributed by atoms with E-state index in [2.05, 4.69) is 0 Å². The summed E-state index contributed by atoms with van der Waals surface area (Å²) in [4.78, 5) is 11.4. The van der Waals surface area contributed by atoms with Crippen molar-refractivity contribution in [3.05, 3.63) is 29.8 Å². The second kappa shape index (κ2) is 4.62. The fraction of sp³-hybridized carbons (Fsp3) is 0.300. The molecule has 0 unspecified atom stereocenters. The maximum Gasteiger partial charge on any atom is 0.165 e. The van der Waals surface area contributed by atoms with Gasteiger partial charge in [-0.1, -0.05) is 0 Å². The number of carbonyl (C=O) groups excluding carboxylic acids is 1. The molecule has 3 nitrogen and oxygen atoms in total. The topological polar surface area (TPSA) is 52.3 Å². The van der Waals surface area contributed by atoms with E-state index >= 15 is 0 Å². The molecular formula is C10H13NO2. The summed E-state index contributed by atoms with van der Waals surface area (Å²) in [7, 11) is 1.58. The van der Waals surface area contributed by atoms with Crippen LogP contribution in [0.3, 0.4) is 0 Å². The summed E-state index contributed by atoms with van der Waals surface area (Å²) in [5.74, 6) is 0.0850. The fourth-order valence-electron chi connectivity index (χ4n) is 1.01. The number of Topliss-reactive ketones (excluding diaryl/α,β-unsaturated/α-hetero) is 1. The number of ketones is 1. The van der Waals surface area contributed by atoms with Crippen LogP contribution in [0.15, 0.2) is 24.3 Å². The lowest BCUT2D eigenvalue weighted by Crippen LogP contribution is -2.03. The molecule has 1 rings (SSSR count). The number of anilines is 1. The molecule has 0 bridgehead atoms. The number of carbonyl (C=O) groups is 1. The molecule has 2 N–H and O–H groups in total. The number of ether oxygens (including phenoxy) is 1. The summed E-state index contributed by atoms with van der Waals surface area (Å²) in [6, 6.07) is 6.90. The number of methoxy groups -OCH3 is 1. The van der Waals surface area contributed by atoms with Crippen molar-refractivity contribution in [3.8, 4) is 0 Å². The van der Waals surface area contributed by atoms with Crippen LogP contribution in [0.2, 0.25) is 0 Å². The van der Waals surface area contributed by atoms with Crippen LogP contribution in [-0.2, 0) is 4.74 Å². The highest BCUT2D eigenvalue weighted by Crippen LogP contribution is 2.07. The van der Waals surface area contributed by atoms with Crippen molar-refractivity contribution in [2.45, 2.75) is 6.42 Å². The first-order chi connectivity index (χ1) is 6.24. The van der Waals surface area contributed by atoms with E-state index in [0.717, 1.165) is 0 Å².